The predicted molar refractivity (Wildman–Crippen MR) is 111 cm³/mol. The highest BCUT2D eigenvalue weighted by atomic mass is 16.6. The maximum atomic E-state index is 13.0. The number of ketones is 1. The molecule has 1 atom stereocenters. The van der Waals surface area contributed by atoms with Gasteiger partial charge < -0.3 is 9.94 Å². The smallest absolute Gasteiger partial charge is 0.168 e. The van der Waals surface area contributed by atoms with E-state index in [1.807, 2.05) is 13.8 Å². The largest absolute Gasteiger partial charge is 0.511 e. The van der Waals surface area contributed by atoms with Crippen LogP contribution < -0.4 is 0 Å². The normalized spacial score (nSPS) is 18.3. The van der Waals surface area contributed by atoms with Crippen LogP contribution in [-0.4, -0.2) is 23.2 Å². The van der Waals surface area contributed by atoms with E-state index in [1.54, 1.807) is 0 Å². The number of aliphatic hydroxyl groups excluding tert-OH is 1. The first-order valence-electron chi connectivity index (χ1n) is 9.95. The third kappa shape index (κ3) is 4.10. The average molecular weight is 372 g/mol. The molecule has 0 radical (unpaired) electrons. The minimum absolute atomic E-state index is 0.00854. The van der Waals surface area contributed by atoms with Crippen molar-refractivity contribution in [1.82, 2.24) is 0 Å². The standard InChI is InChI=1S/C23H33NO3/c1-8-10-19(24-27-9-2)23-20(25)11-18(12-21(23)26)22-16(6)14(4)13(3)15(5)17(22)7/h18,25H,8-12H2,1-7H3/b24-19+. The highest BCUT2D eigenvalue weighted by Crippen LogP contribution is 2.40. The number of aliphatic hydroxyl groups is 1. The molecule has 148 valence electrons. The van der Waals surface area contributed by atoms with E-state index < -0.39 is 0 Å². The van der Waals surface area contributed by atoms with Gasteiger partial charge in [-0.25, -0.2) is 0 Å². The molecule has 1 aromatic carbocycles. The van der Waals surface area contributed by atoms with Gasteiger partial charge in [0.15, 0.2) is 5.78 Å². The molecule has 0 heterocycles. The number of hydrogen-bond donors (Lipinski definition) is 1. The molecule has 1 aliphatic rings. The van der Waals surface area contributed by atoms with Crippen LogP contribution in [0.3, 0.4) is 0 Å². The Kier molecular flexibility index (Phi) is 6.85. The molecule has 0 amide bonds. The van der Waals surface area contributed by atoms with E-state index in [2.05, 4.69) is 39.8 Å². The van der Waals surface area contributed by atoms with Gasteiger partial charge in [-0.1, -0.05) is 18.5 Å². The summed E-state index contributed by atoms with van der Waals surface area (Å²) in [5.74, 6) is 0.123. The second-order valence-corrected chi connectivity index (χ2v) is 7.59. The molecular formula is C23H33NO3. The number of allylic oxidation sites excluding steroid dienone is 2. The van der Waals surface area contributed by atoms with Crippen molar-refractivity contribution in [3.63, 3.8) is 0 Å². The first-order chi connectivity index (χ1) is 12.7. The van der Waals surface area contributed by atoms with Crippen molar-refractivity contribution < 1.29 is 14.7 Å². The van der Waals surface area contributed by atoms with Crippen LogP contribution in [0.4, 0.5) is 0 Å². The molecule has 2 rings (SSSR count). The molecule has 27 heavy (non-hydrogen) atoms. The fraction of sp³-hybridized carbons (Fsp3) is 0.565. The first kappa shape index (κ1) is 21.2. The minimum atomic E-state index is -0.0367. The van der Waals surface area contributed by atoms with Gasteiger partial charge in [-0.2, -0.15) is 0 Å². The van der Waals surface area contributed by atoms with Crippen molar-refractivity contribution in [2.45, 2.75) is 80.1 Å². The Labute approximate surface area is 163 Å². The maximum Gasteiger partial charge on any atom is 0.168 e. The molecule has 1 aromatic rings. The lowest BCUT2D eigenvalue weighted by molar-refractivity contribution is -0.116. The molecule has 1 aliphatic carbocycles. The maximum absolute atomic E-state index is 13.0. The zero-order valence-corrected chi connectivity index (χ0v) is 17.8. The van der Waals surface area contributed by atoms with Crippen LogP contribution in [0.25, 0.3) is 0 Å². The molecule has 0 aromatic heterocycles. The quantitative estimate of drug-likeness (QED) is 0.517. The third-order valence-corrected chi connectivity index (χ3v) is 5.98. The second-order valence-electron chi connectivity index (χ2n) is 7.59. The van der Waals surface area contributed by atoms with Crippen LogP contribution in [0.15, 0.2) is 16.5 Å². The zero-order valence-electron chi connectivity index (χ0n) is 17.8. The molecule has 0 fully saturated rings. The lowest BCUT2D eigenvalue weighted by Gasteiger charge is -2.29. The Hall–Kier alpha value is -2.10. The molecule has 0 saturated heterocycles. The van der Waals surface area contributed by atoms with E-state index in [0.29, 0.717) is 37.2 Å². The lowest BCUT2D eigenvalue weighted by atomic mass is 9.75. The number of hydrogen-bond acceptors (Lipinski definition) is 4. The van der Waals surface area contributed by atoms with Gasteiger partial charge in [-0.3, -0.25) is 4.79 Å². The van der Waals surface area contributed by atoms with Gasteiger partial charge in [0.25, 0.3) is 0 Å². The minimum Gasteiger partial charge on any atom is -0.511 e. The Bertz CT molecular complexity index is 773. The molecule has 0 bridgehead atoms. The first-order valence-corrected chi connectivity index (χ1v) is 9.95. The summed E-state index contributed by atoms with van der Waals surface area (Å²) in [4.78, 5) is 18.2. The van der Waals surface area contributed by atoms with Crippen LogP contribution in [-0.2, 0) is 9.63 Å². The Morgan fingerprint density at radius 3 is 2.04 bits per heavy atom. The molecule has 4 nitrogen and oxygen atoms in total. The van der Waals surface area contributed by atoms with Gasteiger partial charge in [-0.05, 0) is 87.3 Å². The van der Waals surface area contributed by atoms with Gasteiger partial charge in [0, 0.05) is 12.8 Å². The van der Waals surface area contributed by atoms with Crippen molar-refractivity contribution in [3.05, 3.63) is 44.7 Å². The molecular weight excluding hydrogens is 338 g/mol. The van der Waals surface area contributed by atoms with Gasteiger partial charge in [0.2, 0.25) is 0 Å². The number of benzene rings is 1. The van der Waals surface area contributed by atoms with Gasteiger partial charge >= 0.3 is 0 Å². The number of nitrogens with zero attached hydrogens (tertiary/aromatic N) is 1. The number of Topliss-reactive ketones (excluding diaryl/α,β-unsaturated/α-hetero) is 1. The Morgan fingerprint density at radius 2 is 1.56 bits per heavy atom. The van der Waals surface area contributed by atoms with Crippen molar-refractivity contribution in [1.29, 1.82) is 0 Å². The predicted octanol–water partition coefficient (Wildman–Crippen LogP) is 5.68. The van der Waals surface area contributed by atoms with Crippen molar-refractivity contribution in [2.75, 3.05) is 6.61 Å². The molecule has 0 aliphatic heterocycles. The van der Waals surface area contributed by atoms with E-state index in [-0.39, 0.29) is 17.5 Å². The van der Waals surface area contributed by atoms with E-state index in [9.17, 15) is 9.90 Å². The Balaban J connectivity index is 2.48. The lowest BCUT2D eigenvalue weighted by Crippen LogP contribution is -2.25. The fourth-order valence-electron chi connectivity index (χ4n) is 4.16. The summed E-state index contributed by atoms with van der Waals surface area (Å²) in [7, 11) is 0. The number of carbonyl (C=O) groups is 1. The van der Waals surface area contributed by atoms with E-state index in [1.165, 1.54) is 33.4 Å². The van der Waals surface area contributed by atoms with Gasteiger partial charge in [0.1, 0.15) is 12.4 Å². The number of oxime groups is 1. The summed E-state index contributed by atoms with van der Waals surface area (Å²) in [6.07, 6.45) is 2.34. The molecule has 0 saturated carbocycles. The topological polar surface area (TPSA) is 58.9 Å². The van der Waals surface area contributed by atoms with Crippen molar-refractivity contribution >= 4 is 11.5 Å². The fourth-order valence-corrected chi connectivity index (χ4v) is 4.16. The molecule has 1 N–H and O–H groups in total. The Morgan fingerprint density at radius 1 is 1.00 bits per heavy atom. The van der Waals surface area contributed by atoms with E-state index >= 15 is 0 Å². The zero-order chi connectivity index (χ0) is 20.3. The second kappa shape index (κ2) is 8.73. The summed E-state index contributed by atoms with van der Waals surface area (Å²) in [6, 6.07) is 0. The molecule has 1 unspecified atom stereocenters. The van der Waals surface area contributed by atoms with Gasteiger partial charge in [0.05, 0.1) is 11.3 Å². The van der Waals surface area contributed by atoms with E-state index in [4.69, 9.17) is 4.84 Å². The summed E-state index contributed by atoms with van der Waals surface area (Å²) in [5, 5.41) is 14.9. The average Bonchev–Trinajstić information content (AvgIpc) is 2.62. The van der Waals surface area contributed by atoms with E-state index in [0.717, 1.165) is 6.42 Å². The monoisotopic (exact) mass is 371 g/mol. The van der Waals surface area contributed by atoms with Crippen molar-refractivity contribution in [2.24, 2.45) is 5.16 Å². The highest BCUT2D eigenvalue weighted by Gasteiger charge is 2.33. The third-order valence-electron chi connectivity index (χ3n) is 5.98. The SMILES string of the molecule is CCC/C(=N\OCC)C1=C(O)CC(c2c(C)c(C)c(C)c(C)c2C)CC1=O. The summed E-state index contributed by atoms with van der Waals surface area (Å²) in [6.45, 7) is 15.0. The van der Waals surface area contributed by atoms with Gasteiger partial charge in [-0.15, -0.1) is 0 Å². The van der Waals surface area contributed by atoms with Crippen LogP contribution in [0, 0.1) is 34.6 Å². The van der Waals surface area contributed by atoms with Crippen LogP contribution in [0.2, 0.25) is 0 Å². The van der Waals surface area contributed by atoms with Crippen LogP contribution in [0.5, 0.6) is 0 Å². The summed E-state index contributed by atoms with van der Waals surface area (Å²) in [5.41, 5.74) is 8.50. The highest BCUT2D eigenvalue weighted by molar-refractivity contribution is 6.23. The molecule has 0 spiro atoms. The number of rotatable bonds is 6. The molecule has 4 heteroatoms. The summed E-state index contributed by atoms with van der Waals surface area (Å²) < 4.78 is 0. The van der Waals surface area contributed by atoms with Crippen LogP contribution >= 0.6 is 0 Å². The summed E-state index contributed by atoms with van der Waals surface area (Å²) >= 11 is 0. The van der Waals surface area contributed by atoms with Crippen LogP contribution in [0.1, 0.15) is 78.8 Å². The van der Waals surface area contributed by atoms with Crippen molar-refractivity contribution in [3.8, 4) is 0 Å². The number of carbonyl (C=O) groups excluding carboxylic acids is 1.